The molecule has 19 heavy (non-hydrogen) atoms. The van der Waals surface area contributed by atoms with Crippen LogP contribution in [0.25, 0.3) is 10.9 Å². The summed E-state index contributed by atoms with van der Waals surface area (Å²) in [5, 5.41) is 3.94. The van der Waals surface area contributed by atoms with Crippen LogP contribution in [0.15, 0.2) is 24.3 Å². The van der Waals surface area contributed by atoms with E-state index in [0.29, 0.717) is 18.0 Å². The molecular weight excluding hydrogens is 264 g/mol. The number of hydrazine groups is 1. The normalized spacial score (nSPS) is 10.2. The van der Waals surface area contributed by atoms with Crippen molar-refractivity contribution in [3.05, 3.63) is 30.0 Å². The maximum Gasteiger partial charge on any atom is 0.356 e. The molecule has 0 spiro atoms. The molecule has 0 saturated heterocycles. The van der Waals surface area contributed by atoms with Crippen LogP contribution >= 0.6 is 12.2 Å². The van der Waals surface area contributed by atoms with E-state index < -0.39 is 5.97 Å². The first kappa shape index (κ1) is 13.3. The number of aromatic nitrogens is 1. The number of para-hydroxylation sites is 1. The quantitative estimate of drug-likeness (QED) is 0.294. The van der Waals surface area contributed by atoms with Gasteiger partial charge in [-0.3, -0.25) is 0 Å². The van der Waals surface area contributed by atoms with E-state index in [2.05, 4.69) is 15.7 Å². The van der Waals surface area contributed by atoms with Gasteiger partial charge in [0, 0.05) is 10.9 Å². The van der Waals surface area contributed by atoms with Gasteiger partial charge in [-0.2, -0.15) is 0 Å². The highest BCUT2D eigenvalue weighted by Gasteiger charge is 2.19. The number of nitrogens with two attached hydrogens (primary N) is 1. The van der Waals surface area contributed by atoms with Crippen molar-refractivity contribution in [2.75, 3.05) is 11.9 Å². The van der Waals surface area contributed by atoms with Gasteiger partial charge >= 0.3 is 5.97 Å². The molecule has 0 saturated carbocycles. The third-order valence-electron chi connectivity index (χ3n) is 2.56. The number of ether oxygens (including phenoxy) is 1. The minimum Gasteiger partial charge on any atom is -0.461 e. The highest BCUT2D eigenvalue weighted by atomic mass is 32.1. The summed E-state index contributed by atoms with van der Waals surface area (Å²) in [5.41, 5.74) is 4.01. The molecule has 0 fully saturated rings. The number of esters is 1. The first-order valence-corrected chi connectivity index (χ1v) is 6.13. The maximum absolute atomic E-state index is 11.9. The molecular formula is C12H14N4O2S. The Morgan fingerprint density at radius 2 is 2.21 bits per heavy atom. The number of rotatable bonds is 3. The van der Waals surface area contributed by atoms with E-state index >= 15 is 0 Å². The molecule has 0 unspecified atom stereocenters. The van der Waals surface area contributed by atoms with Gasteiger partial charge in [-0.25, -0.2) is 10.6 Å². The number of carbonyl (C=O) groups excluding carboxylic acids is 1. The van der Waals surface area contributed by atoms with Crippen LogP contribution < -0.4 is 16.6 Å². The van der Waals surface area contributed by atoms with Crippen molar-refractivity contribution in [3.8, 4) is 0 Å². The van der Waals surface area contributed by atoms with Crippen LogP contribution in [0.2, 0.25) is 0 Å². The van der Waals surface area contributed by atoms with E-state index in [-0.39, 0.29) is 5.11 Å². The number of hydrogen-bond donors (Lipinski definition) is 4. The fraction of sp³-hybridized carbons (Fsp3) is 0.167. The minimum atomic E-state index is -0.443. The molecule has 2 rings (SSSR count). The fourth-order valence-electron chi connectivity index (χ4n) is 1.78. The number of benzene rings is 1. The number of fused-ring (bicyclic) bond motifs is 1. The van der Waals surface area contributed by atoms with Gasteiger partial charge in [-0.15, -0.1) is 0 Å². The first-order valence-electron chi connectivity index (χ1n) is 5.72. The number of aromatic amines is 1. The third kappa shape index (κ3) is 2.67. The van der Waals surface area contributed by atoms with E-state index in [1.165, 1.54) is 0 Å². The van der Waals surface area contributed by atoms with Gasteiger partial charge in [0.15, 0.2) is 5.11 Å². The van der Waals surface area contributed by atoms with E-state index in [0.717, 1.165) is 10.9 Å². The fourth-order valence-corrected chi connectivity index (χ4v) is 1.88. The van der Waals surface area contributed by atoms with Gasteiger partial charge in [-0.05, 0) is 25.2 Å². The number of H-pyrrole nitrogens is 1. The summed E-state index contributed by atoms with van der Waals surface area (Å²) < 4.78 is 5.01. The average molecular weight is 278 g/mol. The van der Waals surface area contributed by atoms with Gasteiger partial charge in [0.2, 0.25) is 0 Å². The summed E-state index contributed by atoms with van der Waals surface area (Å²) in [7, 11) is 0. The summed E-state index contributed by atoms with van der Waals surface area (Å²) in [6.07, 6.45) is 0. The molecule has 5 N–H and O–H groups in total. The largest absolute Gasteiger partial charge is 0.461 e. The van der Waals surface area contributed by atoms with Crippen LogP contribution in [-0.4, -0.2) is 22.7 Å². The lowest BCUT2D eigenvalue weighted by Gasteiger charge is -2.08. The second-order valence-electron chi connectivity index (χ2n) is 3.74. The van der Waals surface area contributed by atoms with Gasteiger partial charge in [0.25, 0.3) is 0 Å². The standard InChI is InChI=1S/C12H14N4O2S/c1-2-18-11(17)10-9(15-12(19)16-13)7-5-3-4-6-8(7)14-10/h3-6,14H,2,13H2,1H3,(H2,15,16,19). The van der Waals surface area contributed by atoms with Crippen molar-refractivity contribution in [1.29, 1.82) is 0 Å². The molecule has 0 aliphatic carbocycles. The lowest BCUT2D eigenvalue weighted by atomic mass is 10.2. The number of nitrogens with one attached hydrogen (secondary N) is 3. The van der Waals surface area contributed by atoms with Crippen LogP contribution in [0.5, 0.6) is 0 Å². The smallest absolute Gasteiger partial charge is 0.356 e. The van der Waals surface area contributed by atoms with Gasteiger partial charge in [0.1, 0.15) is 5.69 Å². The van der Waals surface area contributed by atoms with Crippen molar-refractivity contribution < 1.29 is 9.53 Å². The number of thiocarbonyl (C=S) groups is 1. The molecule has 1 aromatic heterocycles. The Bertz CT molecular complexity index is 623. The van der Waals surface area contributed by atoms with Crippen LogP contribution in [0, 0.1) is 0 Å². The topological polar surface area (TPSA) is 92.2 Å². The molecule has 0 aliphatic heterocycles. The van der Waals surface area contributed by atoms with Crippen LogP contribution in [0.3, 0.4) is 0 Å². The lowest BCUT2D eigenvalue weighted by Crippen LogP contribution is -2.34. The van der Waals surface area contributed by atoms with Crippen molar-refractivity contribution in [2.45, 2.75) is 6.92 Å². The Hall–Kier alpha value is -2.12. The molecule has 2 aromatic rings. The predicted molar refractivity (Wildman–Crippen MR) is 77.8 cm³/mol. The van der Waals surface area contributed by atoms with Crippen molar-refractivity contribution in [3.63, 3.8) is 0 Å². The molecule has 0 bridgehead atoms. The second kappa shape index (κ2) is 5.68. The molecule has 0 atom stereocenters. The van der Waals surface area contributed by atoms with E-state index in [1.54, 1.807) is 6.92 Å². The zero-order chi connectivity index (χ0) is 13.8. The van der Waals surface area contributed by atoms with Crippen molar-refractivity contribution in [1.82, 2.24) is 10.4 Å². The van der Waals surface area contributed by atoms with Crippen molar-refractivity contribution in [2.24, 2.45) is 5.84 Å². The molecule has 100 valence electrons. The molecule has 0 amide bonds. The molecule has 1 aromatic carbocycles. The lowest BCUT2D eigenvalue weighted by molar-refractivity contribution is 0.0522. The molecule has 6 nitrogen and oxygen atoms in total. The number of carbonyl (C=O) groups is 1. The summed E-state index contributed by atoms with van der Waals surface area (Å²) >= 11 is 4.96. The predicted octanol–water partition coefficient (Wildman–Crippen LogP) is 1.50. The molecule has 7 heteroatoms. The maximum atomic E-state index is 11.9. The Kier molecular flexibility index (Phi) is 3.98. The Labute approximate surface area is 115 Å². The summed E-state index contributed by atoms with van der Waals surface area (Å²) in [6.45, 7) is 2.05. The second-order valence-corrected chi connectivity index (χ2v) is 4.15. The minimum absolute atomic E-state index is 0.218. The van der Waals surface area contributed by atoms with Gasteiger partial charge in [0.05, 0.1) is 12.3 Å². The molecule has 1 heterocycles. The molecule has 0 radical (unpaired) electrons. The van der Waals surface area contributed by atoms with Gasteiger partial charge in [-0.1, -0.05) is 18.2 Å². The Balaban J connectivity index is 2.51. The Morgan fingerprint density at radius 3 is 2.89 bits per heavy atom. The number of hydrogen-bond acceptors (Lipinski definition) is 4. The number of anilines is 1. The third-order valence-corrected chi connectivity index (χ3v) is 2.78. The summed E-state index contributed by atoms with van der Waals surface area (Å²) in [6, 6.07) is 7.48. The summed E-state index contributed by atoms with van der Waals surface area (Å²) in [5.74, 6) is 4.79. The first-order chi connectivity index (χ1) is 9.17. The zero-order valence-electron chi connectivity index (χ0n) is 10.3. The van der Waals surface area contributed by atoms with Gasteiger partial charge < -0.3 is 20.5 Å². The monoisotopic (exact) mass is 278 g/mol. The van der Waals surface area contributed by atoms with Crippen LogP contribution in [0.4, 0.5) is 5.69 Å². The van der Waals surface area contributed by atoms with Crippen LogP contribution in [-0.2, 0) is 4.74 Å². The Morgan fingerprint density at radius 1 is 1.47 bits per heavy atom. The highest BCUT2D eigenvalue weighted by Crippen LogP contribution is 2.28. The summed E-state index contributed by atoms with van der Waals surface area (Å²) in [4.78, 5) is 14.9. The molecule has 0 aliphatic rings. The van der Waals surface area contributed by atoms with E-state index in [9.17, 15) is 4.79 Å². The average Bonchev–Trinajstić information content (AvgIpc) is 2.78. The SMILES string of the molecule is CCOC(=O)c1[nH]c2ccccc2c1NC(=S)NN. The van der Waals surface area contributed by atoms with Crippen LogP contribution in [0.1, 0.15) is 17.4 Å². The van der Waals surface area contributed by atoms with Crippen molar-refractivity contribution >= 4 is 39.9 Å². The zero-order valence-corrected chi connectivity index (χ0v) is 11.1. The highest BCUT2D eigenvalue weighted by molar-refractivity contribution is 7.80. The van der Waals surface area contributed by atoms with E-state index in [1.807, 2.05) is 24.3 Å². The van der Waals surface area contributed by atoms with E-state index in [4.69, 9.17) is 22.8 Å².